The number of carbonyl (C=O) groups is 2. The predicted molar refractivity (Wildman–Crippen MR) is 85.2 cm³/mol. The zero-order chi connectivity index (χ0) is 15.9. The molecule has 2 amide bonds. The molecule has 2 aromatic carbocycles. The number of hydrogen-bond acceptors (Lipinski definition) is 2. The molecule has 0 atom stereocenters. The number of carbonyl (C=O) groups excluding carboxylic acids is 2. The molecule has 2 N–H and O–H groups in total. The normalized spacial score (nSPS) is 10.5. The Bertz CT molecular complexity index is 732. The fourth-order valence-corrected chi connectivity index (χ4v) is 2.07. The van der Waals surface area contributed by atoms with E-state index in [1.807, 2.05) is 24.3 Å². The fourth-order valence-electron chi connectivity index (χ4n) is 1.65. The SMILES string of the molecule is O=C(/C=C/c1cccc(Br)c1)NNC(=O)c1ccccc1F. The molecule has 4 nitrogen and oxygen atoms in total. The maximum Gasteiger partial charge on any atom is 0.272 e. The molecule has 112 valence electrons. The van der Waals surface area contributed by atoms with Gasteiger partial charge in [0.1, 0.15) is 5.82 Å². The van der Waals surface area contributed by atoms with Crippen LogP contribution in [0, 0.1) is 5.82 Å². The van der Waals surface area contributed by atoms with Gasteiger partial charge in [-0.05, 0) is 35.9 Å². The van der Waals surface area contributed by atoms with Gasteiger partial charge in [0.25, 0.3) is 11.8 Å². The summed E-state index contributed by atoms with van der Waals surface area (Å²) in [6.45, 7) is 0. The van der Waals surface area contributed by atoms with Gasteiger partial charge in [0, 0.05) is 10.5 Å². The van der Waals surface area contributed by atoms with E-state index in [2.05, 4.69) is 26.8 Å². The van der Waals surface area contributed by atoms with E-state index in [-0.39, 0.29) is 5.56 Å². The molecule has 6 heteroatoms. The Morgan fingerprint density at radius 3 is 2.55 bits per heavy atom. The summed E-state index contributed by atoms with van der Waals surface area (Å²) in [6, 6.07) is 12.9. The number of hydrazine groups is 1. The second-order valence-electron chi connectivity index (χ2n) is 4.31. The van der Waals surface area contributed by atoms with Crippen molar-refractivity contribution in [2.45, 2.75) is 0 Å². The molecule has 0 aromatic heterocycles. The largest absolute Gasteiger partial charge is 0.272 e. The minimum atomic E-state index is -0.720. The number of benzene rings is 2. The van der Waals surface area contributed by atoms with Crippen molar-refractivity contribution in [3.63, 3.8) is 0 Å². The first-order chi connectivity index (χ1) is 10.6. The summed E-state index contributed by atoms with van der Waals surface area (Å²) in [5, 5.41) is 0. The molecular weight excluding hydrogens is 351 g/mol. The van der Waals surface area contributed by atoms with Gasteiger partial charge in [-0.1, -0.05) is 40.2 Å². The number of nitrogens with one attached hydrogen (secondary N) is 2. The van der Waals surface area contributed by atoms with E-state index >= 15 is 0 Å². The van der Waals surface area contributed by atoms with Crippen LogP contribution in [0.15, 0.2) is 59.1 Å². The molecule has 0 saturated carbocycles. The first-order valence-electron chi connectivity index (χ1n) is 6.35. The van der Waals surface area contributed by atoms with Crippen molar-refractivity contribution in [1.29, 1.82) is 0 Å². The van der Waals surface area contributed by atoms with Gasteiger partial charge >= 0.3 is 0 Å². The Kier molecular flexibility index (Phi) is 5.43. The van der Waals surface area contributed by atoms with Crippen molar-refractivity contribution in [2.24, 2.45) is 0 Å². The Labute approximate surface area is 135 Å². The van der Waals surface area contributed by atoms with Crippen molar-refractivity contribution < 1.29 is 14.0 Å². The van der Waals surface area contributed by atoms with Gasteiger partial charge in [-0.2, -0.15) is 0 Å². The third kappa shape index (κ3) is 4.53. The Morgan fingerprint density at radius 1 is 1.05 bits per heavy atom. The van der Waals surface area contributed by atoms with Crippen LogP contribution in [0.2, 0.25) is 0 Å². The summed E-state index contributed by atoms with van der Waals surface area (Å²) in [5.74, 6) is -1.90. The minimum Gasteiger partial charge on any atom is -0.268 e. The van der Waals surface area contributed by atoms with Crippen LogP contribution < -0.4 is 10.9 Å². The second kappa shape index (κ2) is 7.51. The first kappa shape index (κ1) is 15.9. The van der Waals surface area contributed by atoms with Gasteiger partial charge in [-0.25, -0.2) is 4.39 Å². The topological polar surface area (TPSA) is 58.2 Å². The van der Waals surface area contributed by atoms with Crippen molar-refractivity contribution in [2.75, 3.05) is 0 Å². The highest BCUT2D eigenvalue weighted by Crippen LogP contribution is 2.12. The monoisotopic (exact) mass is 362 g/mol. The highest BCUT2D eigenvalue weighted by atomic mass is 79.9. The average Bonchev–Trinajstić information content (AvgIpc) is 2.51. The van der Waals surface area contributed by atoms with Gasteiger partial charge in [-0.3, -0.25) is 20.4 Å². The van der Waals surface area contributed by atoms with Crippen LogP contribution in [0.25, 0.3) is 6.08 Å². The lowest BCUT2D eigenvalue weighted by Crippen LogP contribution is -2.41. The maximum atomic E-state index is 13.4. The quantitative estimate of drug-likeness (QED) is 0.651. The van der Waals surface area contributed by atoms with Crippen molar-refractivity contribution in [1.82, 2.24) is 10.9 Å². The summed E-state index contributed by atoms with van der Waals surface area (Å²) in [5.41, 5.74) is 5.02. The molecule has 0 aliphatic rings. The second-order valence-corrected chi connectivity index (χ2v) is 5.23. The van der Waals surface area contributed by atoms with Crippen LogP contribution in [0.4, 0.5) is 4.39 Å². The van der Waals surface area contributed by atoms with Crippen LogP contribution in [0.5, 0.6) is 0 Å². The van der Waals surface area contributed by atoms with Crippen LogP contribution >= 0.6 is 15.9 Å². The van der Waals surface area contributed by atoms with Gasteiger partial charge < -0.3 is 0 Å². The summed E-state index contributed by atoms with van der Waals surface area (Å²) in [6.07, 6.45) is 2.86. The zero-order valence-electron chi connectivity index (χ0n) is 11.3. The third-order valence-electron chi connectivity index (χ3n) is 2.69. The molecule has 0 spiro atoms. The van der Waals surface area contributed by atoms with Crippen LogP contribution in [-0.4, -0.2) is 11.8 Å². The van der Waals surface area contributed by atoms with Crippen LogP contribution in [0.1, 0.15) is 15.9 Å². The predicted octanol–water partition coefficient (Wildman–Crippen LogP) is 3.06. The standard InChI is InChI=1S/C16H12BrFN2O2/c17-12-5-3-4-11(10-12)8-9-15(21)19-20-16(22)13-6-1-2-7-14(13)18/h1-10H,(H,19,21)(H,20,22)/b9-8+. The van der Waals surface area contributed by atoms with E-state index in [4.69, 9.17) is 0 Å². The van der Waals surface area contributed by atoms with E-state index in [0.717, 1.165) is 10.0 Å². The average molecular weight is 363 g/mol. The Morgan fingerprint density at radius 2 is 1.82 bits per heavy atom. The highest BCUT2D eigenvalue weighted by molar-refractivity contribution is 9.10. The molecule has 0 radical (unpaired) electrons. The van der Waals surface area contributed by atoms with Gasteiger partial charge in [0.2, 0.25) is 0 Å². The Balaban J connectivity index is 1.90. The lowest BCUT2D eigenvalue weighted by Gasteiger charge is -2.05. The minimum absolute atomic E-state index is 0.140. The number of rotatable bonds is 3. The van der Waals surface area contributed by atoms with E-state index in [1.54, 1.807) is 6.08 Å². The van der Waals surface area contributed by atoms with Crippen LogP contribution in [0.3, 0.4) is 0 Å². The number of hydrogen-bond donors (Lipinski definition) is 2. The molecular formula is C16H12BrFN2O2. The molecule has 22 heavy (non-hydrogen) atoms. The zero-order valence-corrected chi connectivity index (χ0v) is 12.9. The number of amides is 2. The molecule has 0 aliphatic carbocycles. The van der Waals surface area contributed by atoms with Gasteiger partial charge in [-0.15, -0.1) is 0 Å². The smallest absolute Gasteiger partial charge is 0.268 e. The highest BCUT2D eigenvalue weighted by Gasteiger charge is 2.10. The third-order valence-corrected chi connectivity index (χ3v) is 3.19. The molecule has 0 unspecified atom stereocenters. The summed E-state index contributed by atoms with van der Waals surface area (Å²) < 4.78 is 14.3. The van der Waals surface area contributed by atoms with Crippen molar-refractivity contribution in [3.8, 4) is 0 Å². The Hall–Kier alpha value is -2.47. The van der Waals surface area contributed by atoms with E-state index in [1.165, 1.54) is 30.3 Å². The summed E-state index contributed by atoms with van der Waals surface area (Å²) in [7, 11) is 0. The lowest BCUT2D eigenvalue weighted by molar-refractivity contribution is -0.117. The summed E-state index contributed by atoms with van der Waals surface area (Å²) in [4.78, 5) is 23.3. The first-order valence-corrected chi connectivity index (χ1v) is 7.14. The number of halogens is 2. The molecule has 0 heterocycles. The van der Waals surface area contributed by atoms with Crippen LogP contribution in [-0.2, 0) is 4.79 Å². The van der Waals surface area contributed by atoms with E-state index in [9.17, 15) is 14.0 Å². The van der Waals surface area contributed by atoms with E-state index in [0.29, 0.717) is 0 Å². The molecule has 0 fully saturated rings. The molecule has 0 bridgehead atoms. The lowest BCUT2D eigenvalue weighted by atomic mass is 10.2. The molecule has 2 aromatic rings. The van der Waals surface area contributed by atoms with Crippen molar-refractivity contribution in [3.05, 3.63) is 76.0 Å². The molecule has 2 rings (SSSR count). The van der Waals surface area contributed by atoms with E-state index < -0.39 is 17.6 Å². The summed E-state index contributed by atoms with van der Waals surface area (Å²) >= 11 is 3.32. The van der Waals surface area contributed by atoms with Crippen molar-refractivity contribution >= 4 is 33.8 Å². The fraction of sp³-hybridized carbons (Fsp3) is 0. The molecule has 0 saturated heterocycles. The van der Waals surface area contributed by atoms with Gasteiger partial charge in [0.15, 0.2) is 0 Å². The van der Waals surface area contributed by atoms with Gasteiger partial charge in [0.05, 0.1) is 5.56 Å². The molecule has 0 aliphatic heterocycles. The maximum absolute atomic E-state index is 13.4.